The Labute approximate surface area is 115 Å². The van der Waals surface area contributed by atoms with Gasteiger partial charge in [-0.05, 0) is 24.7 Å². The molecular weight excluding hydrogens is 240 g/mol. The van der Waals surface area contributed by atoms with Gasteiger partial charge in [0, 0.05) is 5.41 Å². The topological polar surface area (TPSA) is 59.2 Å². The smallest absolute Gasteiger partial charge is 0.229 e. The van der Waals surface area contributed by atoms with E-state index in [1.54, 1.807) is 0 Å². The molecule has 1 aromatic heterocycles. The van der Waals surface area contributed by atoms with Gasteiger partial charge in [-0.1, -0.05) is 46.2 Å². The molecule has 1 aromatic rings. The van der Waals surface area contributed by atoms with Crippen molar-refractivity contribution in [2.24, 2.45) is 5.41 Å². The highest BCUT2D eigenvalue weighted by Crippen LogP contribution is 2.42. The lowest BCUT2D eigenvalue weighted by molar-refractivity contribution is -0.0429. The molecule has 1 unspecified atom stereocenters. The first-order chi connectivity index (χ1) is 8.60. The highest BCUT2D eigenvalue weighted by atomic mass is 16.5. The van der Waals surface area contributed by atoms with Crippen molar-refractivity contribution in [3.05, 3.63) is 11.7 Å². The molecule has 19 heavy (non-hydrogen) atoms. The second-order valence-electron chi connectivity index (χ2n) is 7.86. The summed E-state index contributed by atoms with van der Waals surface area (Å²) in [5.74, 6) is 1.27. The molecule has 4 heteroatoms. The second kappa shape index (κ2) is 4.58. The van der Waals surface area contributed by atoms with Crippen LogP contribution in [0.3, 0.4) is 0 Å². The van der Waals surface area contributed by atoms with Crippen LogP contribution in [0.5, 0.6) is 0 Å². The van der Waals surface area contributed by atoms with Gasteiger partial charge in [-0.15, -0.1) is 0 Å². The monoisotopic (exact) mass is 266 g/mol. The zero-order valence-corrected chi connectivity index (χ0v) is 12.8. The summed E-state index contributed by atoms with van der Waals surface area (Å²) in [7, 11) is 0. The van der Waals surface area contributed by atoms with Gasteiger partial charge in [0.05, 0.1) is 12.0 Å². The van der Waals surface area contributed by atoms with Crippen LogP contribution in [0.25, 0.3) is 0 Å². The zero-order chi connectivity index (χ0) is 14.3. The van der Waals surface area contributed by atoms with Gasteiger partial charge in [0.1, 0.15) is 0 Å². The van der Waals surface area contributed by atoms with Crippen LogP contribution in [0.2, 0.25) is 0 Å². The maximum absolute atomic E-state index is 10.7. The van der Waals surface area contributed by atoms with E-state index in [0.29, 0.717) is 18.1 Å². The van der Waals surface area contributed by atoms with Gasteiger partial charge in [0.2, 0.25) is 5.89 Å². The number of hydrogen-bond donors (Lipinski definition) is 1. The zero-order valence-electron chi connectivity index (χ0n) is 12.8. The van der Waals surface area contributed by atoms with E-state index in [2.05, 4.69) is 44.8 Å². The van der Waals surface area contributed by atoms with Crippen molar-refractivity contribution in [1.82, 2.24) is 10.1 Å². The molecule has 1 atom stereocenters. The summed E-state index contributed by atoms with van der Waals surface area (Å²) in [6.07, 6.45) is 4.33. The summed E-state index contributed by atoms with van der Waals surface area (Å²) >= 11 is 0. The Kier molecular flexibility index (Phi) is 3.50. The van der Waals surface area contributed by atoms with Crippen molar-refractivity contribution in [3.63, 3.8) is 0 Å². The van der Waals surface area contributed by atoms with Crippen molar-refractivity contribution in [2.45, 2.75) is 77.7 Å². The summed E-state index contributed by atoms with van der Waals surface area (Å²) < 4.78 is 5.31. The Morgan fingerprint density at radius 1 is 1.26 bits per heavy atom. The third kappa shape index (κ3) is 3.56. The van der Waals surface area contributed by atoms with Crippen LogP contribution in [0, 0.1) is 5.41 Å². The fraction of sp³-hybridized carbons (Fsp3) is 0.867. The third-order valence-corrected chi connectivity index (χ3v) is 3.92. The van der Waals surface area contributed by atoms with Crippen molar-refractivity contribution in [2.75, 3.05) is 0 Å². The molecule has 1 fully saturated rings. The average Bonchev–Trinajstić information content (AvgIpc) is 2.62. The molecule has 0 bridgehead atoms. The van der Waals surface area contributed by atoms with Crippen LogP contribution < -0.4 is 0 Å². The minimum atomic E-state index is -0.691. The van der Waals surface area contributed by atoms with Gasteiger partial charge in [-0.25, -0.2) is 0 Å². The molecule has 0 amide bonds. The van der Waals surface area contributed by atoms with E-state index in [1.807, 2.05) is 0 Å². The van der Waals surface area contributed by atoms with Crippen molar-refractivity contribution in [3.8, 4) is 0 Å². The van der Waals surface area contributed by atoms with Crippen molar-refractivity contribution in [1.29, 1.82) is 0 Å². The average molecular weight is 266 g/mol. The van der Waals surface area contributed by atoms with Gasteiger partial charge in [0.25, 0.3) is 0 Å². The molecular formula is C15H26N2O2. The molecule has 1 heterocycles. The Morgan fingerprint density at radius 3 is 2.47 bits per heavy atom. The Morgan fingerprint density at radius 2 is 1.95 bits per heavy atom. The summed E-state index contributed by atoms with van der Waals surface area (Å²) in [6.45, 7) is 10.6. The van der Waals surface area contributed by atoms with Gasteiger partial charge >= 0.3 is 0 Å². The van der Waals surface area contributed by atoms with Gasteiger partial charge in [-0.3, -0.25) is 0 Å². The number of hydrogen-bond acceptors (Lipinski definition) is 4. The molecule has 1 N–H and O–H groups in total. The van der Waals surface area contributed by atoms with Crippen LogP contribution in [-0.4, -0.2) is 20.8 Å². The van der Waals surface area contributed by atoms with Crippen LogP contribution in [0.1, 0.15) is 72.0 Å². The first kappa shape index (κ1) is 14.5. The fourth-order valence-corrected chi connectivity index (χ4v) is 3.03. The summed E-state index contributed by atoms with van der Waals surface area (Å²) in [4.78, 5) is 4.43. The summed E-state index contributed by atoms with van der Waals surface area (Å²) in [6, 6.07) is 0. The molecule has 0 aliphatic heterocycles. The highest BCUT2D eigenvalue weighted by Gasteiger charge is 2.40. The Hall–Kier alpha value is -0.900. The van der Waals surface area contributed by atoms with Crippen LogP contribution in [0.4, 0.5) is 0 Å². The minimum Gasteiger partial charge on any atom is -0.389 e. The molecule has 2 rings (SSSR count). The van der Waals surface area contributed by atoms with Crippen molar-refractivity contribution >= 4 is 0 Å². The SMILES string of the molecule is CC1(C)CCCC(O)(Cc2nc(C(C)(C)C)no2)C1. The quantitative estimate of drug-likeness (QED) is 0.892. The number of nitrogens with zero attached hydrogens (tertiary/aromatic N) is 2. The van der Waals surface area contributed by atoms with Gasteiger partial charge < -0.3 is 9.63 Å². The lowest BCUT2D eigenvalue weighted by Crippen LogP contribution is -2.40. The lowest BCUT2D eigenvalue weighted by Gasteiger charge is -2.40. The number of aromatic nitrogens is 2. The maximum atomic E-state index is 10.7. The second-order valence-corrected chi connectivity index (χ2v) is 7.86. The number of rotatable bonds is 2. The largest absolute Gasteiger partial charge is 0.389 e. The standard InChI is InChI=1S/C15H26N2O2/c1-13(2,3)12-16-11(19-17-12)9-15(18)8-6-7-14(4,5)10-15/h18H,6-10H2,1-5H3. The first-order valence-electron chi connectivity index (χ1n) is 7.15. The molecule has 1 saturated carbocycles. The Balaban J connectivity index is 2.10. The van der Waals surface area contributed by atoms with Crippen LogP contribution in [0.15, 0.2) is 4.52 Å². The molecule has 0 spiro atoms. The maximum Gasteiger partial charge on any atom is 0.229 e. The molecule has 1 aliphatic rings. The van der Waals surface area contributed by atoms with E-state index in [0.717, 1.165) is 19.3 Å². The summed E-state index contributed by atoms with van der Waals surface area (Å²) in [5, 5.41) is 14.8. The third-order valence-electron chi connectivity index (χ3n) is 3.92. The van der Waals surface area contributed by atoms with Crippen LogP contribution >= 0.6 is 0 Å². The molecule has 1 aliphatic carbocycles. The number of aliphatic hydroxyl groups is 1. The molecule has 108 valence electrons. The first-order valence-corrected chi connectivity index (χ1v) is 7.15. The lowest BCUT2D eigenvalue weighted by atomic mass is 9.69. The van der Waals surface area contributed by atoms with E-state index < -0.39 is 5.60 Å². The predicted octanol–water partition coefficient (Wildman–Crippen LogP) is 3.24. The normalized spacial score (nSPS) is 27.5. The van der Waals surface area contributed by atoms with E-state index in [-0.39, 0.29) is 10.8 Å². The highest BCUT2D eigenvalue weighted by molar-refractivity contribution is 5.03. The van der Waals surface area contributed by atoms with E-state index >= 15 is 0 Å². The van der Waals surface area contributed by atoms with E-state index in [9.17, 15) is 5.11 Å². The molecule has 4 nitrogen and oxygen atoms in total. The van der Waals surface area contributed by atoms with Crippen molar-refractivity contribution < 1.29 is 9.63 Å². The molecule has 0 radical (unpaired) electrons. The fourth-order valence-electron chi connectivity index (χ4n) is 3.03. The summed E-state index contributed by atoms with van der Waals surface area (Å²) in [5.41, 5.74) is -0.612. The van der Waals surface area contributed by atoms with E-state index in [1.165, 1.54) is 6.42 Å². The van der Waals surface area contributed by atoms with Crippen LogP contribution in [-0.2, 0) is 11.8 Å². The minimum absolute atomic E-state index is 0.115. The Bertz CT molecular complexity index is 445. The predicted molar refractivity (Wildman–Crippen MR) is 73.9 cm³/mol. The molecule has 0 aromatic carbocycles. The molecule has 0 saturated heterocycles. The van der Waals surface area contributed by atoms with Gasteiger partial charge in [0.15, 0.2) is 5.82 Å². The van der Waals surface area contributed by atoms with E-state index in [4.69, 9.17) is 4.52 Å². The van der Waals surface area contributed by atoms with Gasteiger partial charge in [-0.2, -0.15) is 4.98 Å².